The molecule has 2 aliphatic heterocycles. The Morgan fingerprint density at radius 2 is 2.33 bits per heavy atom. The van der Waals surface area contributed by atoms with Crippen LogP contribution in [0.1, 0.15) is 44.3 Å². The van der Waals surface area contributed by atoms with Crippen LogP contribution in [-0.4, -0.2) is 46.9 Å². The summed E-state index contributed by atoms with van der Waals surface area (Å²) in [5.74, 6) is 0.335. The average molecular weight is 305 g/mol. The summed E-state index contributed by atoms with van der Waals surface area (Å²) in [5, 5.41) is 7.89. The summed E-state index contributed by atoms with van der Waals surface area (Å²) in [4.78, 5) is 17.5. The minimum absolute atomic E-state index is 0.0885. The van der Waals surface area contributed by atoms with E-state index in [1.807, 2.05) is 0 Å². The minimum atomic E-state index is -0.220. The fourth-order valence-corrected chi connectivity index (χ4v) is 4.58. The third-order valence-corrected chi connectivity index (χ3v) is 6.02. The molecule has 5 heteroatoms. The summed E-state index contributed by atoms with van der Waals surface area (Å²) >= 11 is 1.71. The van der Waals surface area contributed by atoms with Crippen LogP contribution in [0.15, 0.2) is 16.8 Å². The molecule has 4 nitrogen and oxygen atoms in total. The average Bonchev–Trinajstić information content (AvgIpc) is 2.88. The Balaban J connectivity index is 1.57. The zero-order chi connectivity index (χ0) is 14.4. The Morgan fingerprint density at radius 3 is 3.00 bits per heavy atom. The molecule has 21 heavy (non-hydrogen) atoms. The summed E-state index contributed by atoms with van der Waals surface area (Å²) in [5.41, 5.74) is 1.03. The van der Waals surface area contributed by atoms with Gasteiger partial charge in [-0.3, -0.25) is 15.0 Å². The number of carbonyl (C=O) groups excluding carboxylic acids is 1. The summed E-state index contributed by atoms with van der Waals surface area (Å²) in [6.45, 7) is 5.38. The monoisotopic (exact) mass is 305 g/mol. The lowest BCUT2D eigenvalue weighted by atomic mass is 10.1. The molecule has 114 valence electrons. The minimum Gasteiger partial charge on any atom is -0.320 e. The molecule has 1 N–H and O–H groups in total. The van der Waals surface area contributed by atoms with E-state index in [4.69, 9.17) is 0 Å². The fourth-order valence-electron chi connectivity index (χ4n) is 3.90. The second kappa shape index (κ2) is 5.07. The second-order valence-electron chi connectivity index (χ2n) is 6.57. The standard InChI is InChI=1S/C16H23N3OS/c1-2-18-8-3-4-13(18)10-19-14(12-5-9-21-11-12)17-16(6-7-16)15(19)20/h5,9,11,13-14,17H,2-4,6-8,10H2,1H3. The molecule has 0 aromatic carbocycles. The van der Waals surface area contributed by atoms with Crippen molar-refractivity contribution in [1.29, 1.82) is 0 Å². The van der Waals surface area contributed by atoms with E-state index >= 15 is 0 Å². The molecule has 3 fully saturated rings. The smallest absolute Gasteiger partial charge is 0.244 e. The second-order valence-corrected chi connectivity index (χ2v) is 7.35. The molecule has 0 radical (unpaired) electrons. The molecule has 2 atom stereocenters. The molecule has 3 aliphatic rings. The summed E-state index contributed by atoms with van der Waals surface area (Å²) in [6.07, 6.45) is 4.59. The third kappa shape index (κ3) is 2.22. The number of likely N-dealkylation sites (tertiary alicyclic amines) is 1. The predicted molar refractivity (Wildman–Crippen MR) is 84.1 cm³/mol. The highest BCUT2D eigenvalue weighted by molar-refractivity contribution is 7.07. The summed E-state index contributed by atoms with van der Waals surface area (Å²) in [7, 11) is 0. The van der Waals surface area contributed by atoms with E-state index in [1.54, 1.807) is 11.3 Å². The van der Waals surface area contributed by atoms with Crippen molar-refractivity contribution in [2.24, 2.45) is 0 Å². The molecule has 1 saturated carbocycles. The highest BCUT2D eigenvalue weighted by Crippen LogP contribution is 2.46. The highest BCUT2D eigenvalue weighted by atomic mass is 32.1. The summed E-state index contributed by atoms with van der Waals surface area (Å²) < 4.78 is 0. The molecule has 0 bridgehead atoms. The number of nitrogens with zero attached hydrogens (tertiary/aromatic N) is 2. The molecular weight excluding hydrogens is 282 g/mol. The predicted octanol–water partition coefficient (Wildman–Crippen LogP) is 2.20. The Morgan fingerprint density at radius 1 is 1.48 bits per heavy atom. The van der Waals surface area contributed by atoms with Gasteiger partial charge in [-0.15, -0.1) is 0 Å². The SMILES string of the molecule is CCN1CCCC1CN1C(=O)C2(CC2)NC1c1ccsc1. The third-order valence-electron chi connectivity index (χ3n) is 5.32. The maximum Gasteiger partial charge on any atom is 0.244 e. The van der Waals surface area contributed by atoms with Crippen molar-refractivity contribution in [3.63, 3.8) is 0 Å². The molecule has 1 amide bonds. The van der Waals surface area contributed by atoms with Crippen molar-refractivity contribution in [3.8, 4) is 0 Å². The van der Waals surface area contributed by atoms with Gasteiger partial charge >= 0.3 is 0 Å². The van der Waals surface area contributed by atoms with Gasteiger partial charge in [0.2, 0.25) is 5.91 Å². The topological polar surface area (TPSA) is 35.6 Å². The van der Waals surface area contributed by atoms with Gasteiger partial charge in [0.25, 0.3) is 0 Å². The van der Waals surface area contributed by atoms with Crippen LogP contribution in [0.4, 0.5) is 0 Å². The normalized spacial score (nSPS) is 31.5. The largest absolute Gasteiger partial charge is 0.320 e. The zero-order valence-electron chi connectivity index (χ0n) is 12.5. The molecule has 1 aliphatic carbocycles. The van der Waals surface area contributed by atoms with Crippen LogP contribution in [0, 0.1) is 0 Å². The van der Waals surface area contributed by atoms with Crippen molar-refractivity contribution in [2.45, 2.75) is 50.4 Å². The van der Waals surface area contributed by atoms with Crippen LogP contribution in [0.25, 0.3) is 0 Å². The van der Waals surface area contributed by atoms with E-state index < -0.39 is 0 Å². The lowest BCUT2D eigenvalue weighted by Crippen LogP contribution is -2.43. The van der Waals surface area contributed by atoms with Crippen molar-refractivity contribution in [1.82, 2.24) is 15.1 Å². The van der Waals surface area contributed by atoms with Gasteiger partial charge in [-0.05, 0) is 61.2 Å². The first kappa shape index (κ1) is 13.7. The number of carbonyl (C=O) groups is 1. The van der Waals surface area contributed by atoms with E-state index in [1.165, 1.54) is 24.9 Å². The van der Waals surface area contributed by atoms with E-state index in [0.29, 0.717) is 11.9 Å². The number of hydrogen-bond donors (Lipinski definition) is 1. The van der Waals surface area contributed by atoms with Crippen LogP contribution in [-0.2, 0) is 4.79 Å². The van der Waals surface area contributed by atoms with E-state index in [-0.39, 0.29) is 11.7 Å². The molecule has 1 aromatic rings. The van der Waals surface area contributed by atoms with Crippen molar-refractivity contribution in [3.05, 3.63) is 22.4 Å². The van der Waals surface area contributed by atoms with E-state index in [9.17, 15) is 4.79 Å². The lowest BCUT2D eigenvalue weighted by Gasteiger charge is -2.31. The summed E-state index contributed by atoms with van der Waals surface area (Å²) in [6, 6.07) is 2.69. The number of thiophene rings is 1. The first-order valence-corrected chi connectivity index (χ1v) is 9.03. The molecule has 1 aromatic heterocycles. The quantitative estimate of drug-likeness (QED) is 0.926. The van der Waals surface area contributed by atoms with Gasteiger partial charge in [0.05, 0.1) is 0 Å². The maximum atomic E-state index is 12.8. The number of hydrogen-bond acceptors (Lipinski definition) is 4. The number of rotatable bonds is 4. The van der Waals surface area contributed by atoms with Crippen molar-refractivity contribution >= 4 is 17.2 Å². The molecule has 4 rings (SSSR count). The molecule has 2 saturated heterocycles. The van der Waals surface area contributed by atoms with Gasteiger partial charge in [-0.2, -0.15) is 11.3 Å². The van der Waals surface area contributed by atoms with Gasteiger partial charge in [0.1, 0.15) is 11.7 Å². The van der Waals surface area contributed by atoms with Gasteiger partial charge in [0, 0.05) is 12.6 Å². The highest BCUT2D eigenvalue weighted by Gasteiger charge is 2.59. The van der Waals surface area contributed by atoms with Gasteiger partial charge in [-0.25, -0.2) is 0 Å². The first-order chi connectivity index (χ1) is 10.2. The van der Waals surface area contributed by atoms with Crippen LogP contribution in [0.3, 0.4) is 0 Å². The van der Waals surface area contributed by atoms with Crippen LogP contribution >= 0.6 is 11.3 Å². The van der Waals surface area contributed by atoms with E-state index in [2.05, 4.69) is 38.9 Å². The fraction of sp³-hybridized carbons (Fsp3) is 0.688. The van der Waals surface area contributed by atoms with Crippen molar-refractivity contribution in [2.75, 3.05) is 19.6 Å². The Kier molecular flexibility index (Phi) is 3.32. The first-order valence-electron chi connectivity index (χ1n) is 8.08. The number of likely N-dealkylation sites (N-methyl/N-ethyl adjacent to an activating group) is 1. The van der Waals surface area contributed by atoms with Crippen LogP contribution in [0.2, 0.25) is 0 Å². The Bertz CT molecular complexity index is 526. The maximum absolute atomic E-state index is 12.8. The van der Waals surface area contributed by atoms with E-state index in [0.717, 1.165) is 25.9 Å². The van der Waals surface area contributed by atoms with Crippen LogP contribution in [0.5, 0.6) is 0 Å². The zero-order valence-corrected chi connectivity index (χ0v) is 13.4. The molecular formula is C16H23N3OS. The lowest BCUT2D eigenvalue weighted by molar-refractivity contribution is -0.131. The number of nitrogens with one attached hydrogen (secondary N) is 1. The van der Waals surface area contributed by atoms with Gasteiger partial charge in [0.15, 0.2) is 0 Å². The Labute approximate surface area is 130 Å². The van der Waals surface area contributed by atoms with Gasteiger partial charge < -0.3 is 4.90 Å². The Hall–Kier alpha value is -0.910. The van der Waals surface area contributed by atoms with Crippen LogP contribution < -0.4 is 5.32 Å². The van der Waals surface area contributed by atoms with Gasteiger partial charge in [-0.1, -0.05) is 6.92 Å². The van der Waals surface area contributed by atoms with Crippen molar-refractivity contribution < 1.29 is 4.79 Å². The molecule has 1 spiro atoms. The number of amides is 1. The molecule has 2 unspecified atom stereocenters. The molecule has 3 heterocycles.